The fourth-order valence-electron chi connectivity index (χ4n) is 6.34. The van der Waals surface area contributed by atoms with Crippen LogP contribution in [-0.4, -0.2) is 0 Å². The molecule has 4 unspecified atom stereocenters. The molecule has 0 spiro atoms. The molecule has 0 aromatic heterocycles. The van der Waals surface area contributed by atoms with Crippen molar-refractivity contribution in [3.05, 3.63) is 130 Å². The van der Waals surface area contributed by atoms with E-state index in [-0.39, 0.29) is 42.6 Å². The predicted molar refractivity (Wildman–Crippen MR) is 131 cm³/mol. The number of aryl methyl sites for hydroxylation is 3. The van der Waals surface area contributed by atoms with Gasteiger partial charge < -0.3 is 37.2 Å². The molecule has 0 N–H and O–H groups in total. The predicted octanol–water partition coefficient (Wildman–Crippen LogP) is -1.33. The maximum absolute atomic E-state index is 2.50. The number of hydrogen-bond donors (Lipinski definition) is 0. The molecule has 4 heteroatoms. The second-order valence-corrected chi connectivity index (χ2v) is 11.0. The Labute approximate surface area is 241 Å². The van der Waals surface area contributed by atoms with Gasteiger partial charge in [0.25, 0.3) is 0 Å². The van der Waals surface area contributed by atoms with Gasteiger partial charge in [-0.15, -0.1) is 0 Å². The van der Waals surface area contributed by atoms with Crippen LogP contribution in [0.2, 0.25) is 4.22 Å². The van der Waals surface area contributed by atoms with Crippen molar-refractivity contribution in [2.24, 2.45) is 17.8 Å². The molecule has 1 fully saturated rings. The molecule has 0 radical (unpaired) electrons. The van der Waals surface area contributed by atoms with Crippen molar-refractivity contribution in [2.45, 2.75) is 36.8 Å². The van der Waals surface area contributed by atoms with Gasteiger partial charge in [0.05, 0.1) is 0 Å². The maximum Gasteiger partial charge on any atom is -1.00 e. The molecule has 4 atom stereocenters. The van der Waals surface area contributed by atoms with Crippen LogP contribution in [-0.2, 0) is 25.9 Å². The van der Waals surface area contributed by atoms with Crippen LogP contribution in [0.5, 0.6) is 0 Å². The van der Waals surface area contributed by atoms with Crippen molar-refractivity contribution in [3.63, 3.8) is 0 Å². The van der Waals surface area contributed by atoms with Gasteiger partial charge in [0, 0.05) is 0 Å². The Morgan fingerprint density at radius 3 is 1.51 bits per heavy atom. The van der Waals surface area contributed by atoms with Crippen LogP contribution in [0.1, 0.15) is 39.8 Å². The average Bonchev–Trinajstić information content (AvgIpc) is 3.11. The zero-order valence-electron chi connectivity index (χ0n) is 20.4. The molecule has 0 heterocycles. The molecule has 5 rings (SSSR count). The molecule has 2 aliphatic rings. The molecular weight excluding hydrogens is 527 g/mol. The maximum atomic E-state index is 2.50. The zero-order chi connectivity index (χ0) is 22.3. The first kappa shape index (κ1) is 30.0. The first-order valence-corrected chi connectivity index (χ1v) is 12.7. The summed E-state index contributed by atoms with van der Waals surface area (Å²) in [5.41, 5.74) is 8.06. The van der Waals surface area contributed by atoms with Crippen molar-refractivity contribution in [1.29, 1.82) is 0 Å². The zero-order valence-corrected chi connectivity index (χ0v) is 24.2. The number of fused-ring (bicyclic) bond motifs is 1. The van der Waals surface area contributed by atoms with Crippen LogP contribution in [0.4, 0.5) is 0 Å². The molecule has 0 nitrogen and oxygen atoms in total. The first-order valence-electron chi connectivity index (χ1n) is 11.8. The summed E-state index contributed by atoms with van der Waals surface area (Å²) in [6.45, 7) is 6.68. The summed E-state index contributed by atoms with van der Waals surface area (Å²) in [5, 5.41) is 0. The summed E-state index contributed by atoms with van der Waals surface area (Å²) >= 11 is 2.49. The largest absolute Gasteiger partial charge is 1.00 e. The molecule has 0 aliphatic heterocycles. The summed E-state index contributed by atoms with van der Waals surface area (Å²) in [6, 6.07) is 27.9. The Morgan fingerprint density at radius 2 is 1.09 bits per heavy atom. The fourth-order valence-corrected chi connectivity index (χ4v) is 7.50. The van der Waals surface area contributed by atoms with Crippen LogP contribution in [0, 0.1) is 38.5 Å². The van der Waals surface area contributed by atoms with E-state index < -0.39 is 0 Å². The second kappa shape index (κ2) is 12.3. The summed E-state index contributed by atoms with van der Waals surface area (Å²) < 4.78 is 0.610. The van der Waals surface area contributed by atoms with Gasteiger partial charge in [0.15, 0.2) is 0 Å². The van der Waals surface area contributed by atoms with E-state index in [1.807, 2.05) is 0 Å². The minimum Gasteiger partial charge on any atom is -1.00 e. The van der Waals surface area contributed by atoms with E-state index in [1.54, 1.807) is 0 Å². The topological polar surface area (TPSA) is 0 Å². The smallest absolute Gasteiger partial charge is 1.00 e. The molecule has 0 amide bonds. The Hall–Kier alpha value is -1.28. The minimum absolute atomic E-state index is 0. The van der Waals surface area contributed by atoms with E-state index in [1.165, 1.54) is 39.8 Å². The summed E-state index contributed by atoms with van der Waals surface area (Å²) in [5.74, 6) is 1.65. The molecule has 1 saturated carbocycles. The molecule has 3 aromatic carbocycles. The third kappa shape index (κ3) is 5.39. The average molecular weight is 558 g/mol. The minimum atomic E-state index is -0.196. The Bertz CT molecular complexity index is 1090. The van der Waals surface area contributed by atoms with Crippen LogP contribution < -0.4 is 37.2 Å². The fraction of sp³-hybridized carbons (Fsp3) is 0.290. The third-order valence-electron chi connectivity index (χ3n) is 7.59. The van der Waals surface area contributed by atoms with Crippen LogP contribution >= 0.6 is 0 Å². The van der Waals surface area contributed by atoms with Gasteiger partial charge in [-0.3, -0.25) is 0 Å². The van der Waals surface area contributed by atoms with Gasteiger partial charge in [-0.2, -0.15) is 0 Å². The second-order valence-electron chi connectivity index (χ2n) is 9.80. The van der Waals surface area contributed by atoms with Crippen molar-refractivity contribution < 1.29 is 57.7 Å². The molecular formula is C31H31Cl3Ti. The number of rotatable bonds is 4. The standard InChI is InChI=1S/C31H31.3ClH.Ti/c1-22-9-6-13-26(19-22)31(27-14-7-10-23(2)20-27,28-15-8-11-24(3)21-28)30-18-17-25-12-4-5-16-29(25)30;;;;/h4-16,18-21,25,29-30H,17H2,1-3H3;3*1H;/q;;;;+3/p-3. The van der Waals surface area contributed by atoms with Crippen molar-refractivity contribution in [1.82, 2.24) is 0 Å². The van der Waals surface area contributed by atoms with Gasteiger partial charge in [0.2, 0.25) is 0 Å². The van der Waals surface area contributed by atoms with Crippen molar-refractivity contribution in [2.75, 3.05) is 0 Å². The first-order chi connectivity index (χ1) is 15.5. The summed E-state index contributed by atoms with van der Waals surface area (Å²) in [7, 11) is 0. The normalized spacial score (nSPS) is 22.4. The van der Waals surface area contributed by atoms with E-state index in [4.69, 9.17) is 0 Å². The van der Waals surface area contributed by atoms with Crippen LogP contribution in [0.15, 0.2) is 97.1 Å². The number of halogens is 3. The van der Waals surface area contributed by atoms with Gasteiger partial charge in [-0.25, -0.2) is 0 Å². The van der Waals surface area contributed by atoms with Crippen molar-refractivity contribution in [3.8, 4) is 0 Å². The van der Waals surface area contributed by atoms with E-state index in [0.29, 0.717) is 22.0 Å². The molecule has 2 aliphatic carbocycles. The van der Waals surface area contributed by atoms with E-state index in [0.717, 1.165) is 0 Å². The number of benzene rings is 3. The van der Waals surface area contributed by atoms with Crippen molar-refractivity contribution >= 4 is 0 Å². The molecule has 3 aromatic rings. The molecule has 0 saturated heterocycles. The SMILES string of the molecule is Cc1cccc(C(c2cccc(C)c2)(c2cccc(C)c2)C2[CH]([Ti+3])CC3C=CC=CC32)c1.[Cl-].[Cl-].[Cl-]. The molecule has 35 heavy (non-hydrogen) atoms. The van der Waals surface area contributed by atoms with Gasteiger partial charge in [-0.1, -0.05) is 0 Å². The Morgan fingerprint density at radius 1 is 0.657 bits per heavy atom. The monoisotopic (exact) mass is 556 g/mol. The Balaban J connectivity index is 0.00000144. The molecule has 180 valence electrons. The quantitative estimate of drug-likeness (QED) is 0.276. The third-order valence-corrected chi connectivity index (χ3v) is 8.52. The van der Waals surface area contributed by atoms with Gasteiger partial charge in [-0.05, 0) is 0 Å². The van der Waals surface area contributed by atoms with Gasteiger partial charge in [0.1, 0.15) is 0 Å². The summed E-state index contributed by atoms with van der Waals surface area (Å²) in [6.07, 6.45) is 10.7. The number of hydrogen-bond acceptors (Lipinski definition) is 0. The summed E-state index contributed by atoms with van der Waals surface area (Å²) in [4.78, 5) is 0. The van der Waals surface area contributed by atoms with Gasteiger partial charge >= 0.3 is 206 Å². The van der Waals surface area contributed by atoms with E-state index >= 15 is 0 Å². The van der Waals surface area contributed by atoms with E-state index in [9.17, 15) is 0 Å². The van der Waals surface area contributed by atoms with Crippen LogP contribution in [0.25, 0.3) is 0 Å². The van der Waals surface area contributed by atoms with Crippen LogP contribution in [0.3, 0.4) is 0 Å². The molecule has 0 bridgehead atoms. The van der Waals surface area contributed by atoms with E-state index in [2.05, 4.69) is 138 Å². The number of allylic oxidation sites excluding steroid dienone is 4. The Kier molecular flexibility index (Phi) is 10.5.